The number of aryl methyl sites for hydroxylation is 1. The molecule has 0 fully saturated rings. The van der Waals surface area contributed by atoms with Crippen molar-refractivity contribution < 1.29 is 4.57 Å². The van der Waals surface area contributed by atoms with Crippen LogP contribution in [0.4, 0.5) is 0 Å². The highest BCUT2D eigenvalue weighted by atomic mass is 32.2. The molecule has 0 amide bonds. The third-order valence-electron chi connectivity index (χ3n) is 2.59. The van der Waals surface area contributed by atoms with Crippen LogP contribution in [0, 0.1) is 0 Å². The number of rotatable bonds is 7. The Morgan fingerprint density at radius 3 is 2.73 bits per heavy atom. The quantitative estimate of drug-likeness (QED) is 0.651. The van der Waals surface area contributed by atoms with Crippen molar-refractivity contribution in [3.05, 3.63) is 18.2 Å². The molecule has 0 spiro atoms. The summed E-state index contributed by atoms with van der Waals surface area (Å²) >= 11 is 1.98. The highest BCUT2D eigenvalue weighted by Crippen LogP contribution is 2.04. The smallest absolute Gasteiger partial charge is 0.234 e. The molecule has 0 aliphatic carbocycles. The highest BCUT2D eigenvalue weighted by Gasteiger charge is 2.13. The van der Waals surface area contributed by atoms with Gasteiger partial charge in [0.1, 0.15) is 18.3 Å². The Labute approximate surface area is 97.7 Å². The van der Waals surface area contributed by atoms with Crippen molar-refractivity contribution in [2.45, 2.75) is 52.5 Å². The normalized spacial score (nSPS) is 10.9. The standard InChI is InChI=1S/C12H23N2S/c1-4-7-8-13-9-10-14(11-15-6-3)12(13)5-2/h9-10H,4-8,11H2,1-3H3/q+1. The van der Waals surface area contributed by atoms with Crippen LogP contribution >= 0.6 is 11.8 Å². The van der Waals surface area contributed by atoms with Gasteiger partial charge in [-0.15, -0.1) is 11.8 Å². The van der Waals surface area contributed by atoms with Crippen LogP contribution in [0.2, 0.25) is 0 Å². The Balaban J connectivity index is 2.66. The Morgan fingerprint density at radius 1 is 1.33 bits per heavy atom. The summed E-state index contributed by atoms with van der Waals surface area (Å²) in [5.74, 6) is 3.75. The minimum absolute atomic E-state index is 1.10. The second kappa shape index (κ2) is 6.94. The first-order chi connectivity index (χ1) is 7.33. The Morgan fingerprint density at radius 2 is 2.13 bits per heavy atom. The van der Waals surface area contributed by atoms with E-state index in [0.717, 1.165) is 12.3 Å². The van der Waals surface area contributed by atoms with Gasteiger partial charge in [0.2, 0.25) is 0 Å². The van der Waals surface area contributed by atoms with E-state index in [0.29, 0.717) is 0 Å². The molecule has 0 aliphatic heterocycles. The molecule has 15 heavy (non-hydrogen) atoms. The third kappa shape index (κ3) is 3.56. The molecule has 0 atom stereocenters. The number of hydrogen-bond acceptors (Lipinski definition) is 1. The van der Waals surface area contributed by atoms with E-state index in [1.807, 2.05) is 11.8 Å². The van der Waals surface area contributed by atoms with Crippen molar-refractivity contribution in [2.24, 2.45) is 0 Å². The number of imidazole rings is 1. The van der Waals surface area contributed by atoms with Gasteiger partial charge < -0.3 is 0 Å². The molecule has 0 N–H and O–H groups in total. The van der Waals surface area contributed by atoms with Gasteiger partial charge in [0.05, 0.1) is 6.54 Å². The first-order valence-electron chi connectivity index (χ1n) is 5.98. The molecule has 1 rings (SSSR count). The second-order valence-corrected chi connectivity index (χ2v) is 4.95. The molecule has 1 aromatic heterocycles. The van der Waals surface area contributed by atoms with Gasteiger partial charge in [0.25, 0.3) is 5.82 Å². The zero-order valence-electron chi connectivity index (χ0n) is 10.2. The summed E-state index contributed by atoms with van der Waals surface area (Å²) in [6, 6.07) is 0. The van der Waals surface area contributed by atoms with Crippen LogP contribution in [-0.4, -0.2) is 10.3 Å². The number of hydrogen-bond donors (Lipinski definition) is 0. The van der Waals surface area contributed by atoms with Gasteiger partial charge >= 0.3 is 0 Å². The van der Waals surface area contributed by atoms with Gasteiger partial charge in [-0.05, 0) is 12.2 Å². The van der Waals surface area contributed by atoms with E-state index in [9.17, 15) is 0 Å². The maximum Gasteiger partial charge on any atom is 0.256 e. The molecule has 0 saturated carbocycles. The first-order valence-corrected chi connectivity index (χ1v) is 7.14. The maximum absolute atomic E-state index is 2.40. The topological polar surface area (TPSA) is 8.81 Å². The summed E-state index contributed by atoms with van der Waals surface area (Å²) in [6.07, 6.45) is 8.12. The van der Waals surface area contributed by atoms with Crippen molar-refractivity contribution in [2.75, 3.05) is 5.75 Å². The third-order valence-corrected chi connectivity index (χ3v) is 3.46. The zero-order chi connectivity index (χ0) is 11.1. The van der Waals surface area contributed by atoms with E-state index in [4.69, 9.17) is 0 Å². The molecular formula is C12H23N2S+. The zero-order valence-corrected chi connectivity index (χ0v) is 11.0. The lowest BCUT2D eigenvalue weighted by Crippen LogP contribution is -2.35. The Hall–Kier alpha value is -0.440. The number of thioether (sulfide) groups is 1. The van der Waals surface area contributed by atoms with Crippen LogP contribution in [0.1, 0.15) is 39.4 Å². The molecule has 86 valence electrons. The first kappa shape index (κ1) is 12.6. The average molecular weight is 227 g/mol. The summed E-state index contributed by atoms with van der Waals surface area (Å²) in [5.41, 5.74) is 0. The largest absolute Gasteiger partial charge is 0.256 e. The van der Waals surface area contributed by atoms with Crippen LogP contribution in [-0.2, 0) is 18.8 Å². The van der Waals surface area contributed by atoms with Crippen molar-refractivity contribution in [3.8, 4) is 0 Å². The number of unbranched alkanes of at least 4 members (excludes halogenated alkanes) is 1. The van der Waals surface area contributed by atoms with Crippen molar-refractivity contribution in [3.63, 3.8) is 0 Å². The molecule has 2 nitrogen and oxygen atoms in total. The minimum atomic E-state index is 1.10. The average Bonchev–Trinajstić information content (AvgIpc) is 2.65. The fourth-order valence-electron chi connectivity index (χ4n) is 1.74. The maximum atomic E-state index is 2.40. The van der Waals surface area contributed by atoms with Crippen molar-refractivity contribution in [1.82, 2.24) is 4.57 Å². The van der Waals surface area contributed by atoms with E-state index in [1.165, 1.54) is 31.0 Å². The SMILES string of the molecule is CCCCn1cc[n+](CSCC)c1CC. The van der Waals surface area contributed by atoms with Crippen LogP contribution in [0.5, 0.6) is 0 Å². The van der Waals surface area contributed by atoms with E-state index in [2.05, 4.69) is 42.3 Å². The van der Waals surface area contributed by atoms with Crippen molar-refractivity contribution in [1.29, 1.82) is 0 Å². The lowest BCUT2D eigenvalue weighted by Gasteiger charge is -2.02. The molecule has 1 aromatic rings. The summed E-state index contributed by atoms with van der Waals surface area (Å²) in [4.78, 5) is 0. The second-order valence-electron chi connectivity index (χ2n) is 3.71. The molecule has 0 saturated heterocycles. The predicted molar refractivity (Wildman–Crippen MR) is 67.0 cm³/mol. The minimum Gasteiger partial charge on any atom is -0.234 e. The summed E-state index contributed by atoms with van der Waals surface area (Å²) in [6.45, 7) is 7.87. The lowest BCUT2D eigenvalue weighted by atomic mass is 10.3. The molecule has 0 aromatic carbocycles. The molecule has 0 aliphatic rings. The monoisotopic (exact) mass is 227 g/mol. The summed E-state index contributed by atoms with van der Waals surface area (Å²) < 4.78 is 4.78. The molecule has 0 radical (unpaired) electrons. The van der Waals surface area contributed by atoms with Gasteiger partial charge in [-0.25, -0.2) is 9.13 Å². The van der Waals surface area contributed by atoms with E-state index >= 15 is 0 Å². The van der Waals surface area contributed by atoms with Gasteiger partial charge in [-0.3, -0.25) is 0 Å². The number of nitrogens with zero attached hydrogens (tertiary/aromatic N) is 2. The number of aromatic nitrogens is 2. The summed E-state index contributed by atoms with van der Waals surface area (Å²) in [7, 11) is 0. The van der Waals surface area contributed by atoms with Gasteiger partial charge in [0, 0.05) is 6.42 Å². The van der Waals surface area contributed by atoms with Gasteiger partial charge in [-0.1, -0.05) is 27.2 Å². The Kier molecular flexibility index (Phi) is 5.84. The van der Waals surface area contributed by atoms with Crippen LogP contribution in [0.3, 0.4) is 0 Å². The van der Waals surface area contributed by atoms with Crippen LogP contribution in [0.15, 0.2) is 12.4 Å². The Bertz CT molecular complexity index is 256. The molecule has 0 unspecified atom stereocenters. The van der Waals surface area contributed by atoms with Crippen LogP contribution in [0.25, 0.3) is 0 Å². The van der Waals surface area contributed by atoms with Gasteiger partial charge in [-0.2, -0.15) is 0 Å². The fourth-order valence-corrected chi connectivity index (χ4v) is 2.36. The molecule has 0 bridgehead atoms. The van der Waals surface area contributed by atoms with Crippen LogP contribution < -0.4 is 4.57 Å². The molecule has 3 heteroatoms. The summed E-state index contributed by atoms with van der Waals surface area (Å²) in [5, 5.41) is 0. The fraction of sp³-hybridized carbons (Fsp3) is 0.750. The van der Waals surface area contributed by atoms with E-state index in [1.54, 1.807) is 0 Å². The highest BCUT2D eigenvalue weighted by molar-refractivity contribution is 7.98. The van der Waals surface area contributed by atoms with E-state index < -0.39 is 0 Å². The van der Waals surface area contributed by atoms with Crippen molar-refractivity contribution >= 4 is 11.8 Å². The lowest BCUT2D eigenvalue weighted by molar-refractivity contribution is -0.683. The van der Waals surface area contributed by atoms with E-state index in [-0.39, 0.29) is 0 Å². The predicted octanol–water partition coefficient (Wildman–Crippen LogP) is 2.85. The van der Waals surface area contributed by atoms with Gasteiger partial charge in [0.15, 0.2) is 0 Å². The molecule has 1 heterocycles. The molecular weight excluding hydrogens is 204 g/mol.